The van der Waals surface area contributed by atoms with Crippen LogP contribution in [0.2, 0.25) is 0 Å². The van der Waals surface area contributed by atoms with Crippen molar-refractivity contribution in [3.8, 4) is 5.75 Å². The van der Waals surface area contributed by atoms with E-state index in [0.717, 1.165) is 18.8 Å². The normalized spacial score (nSPS) is 14.6. The Labute approximate surface area is 73.4 Å². The van der Waals surface area contributed by atoms with Crippen LogP contribution in [0.15, 0.2) is 18.2 Å². The van der Waals surface area contributed by atoms with E-state index in [1.54, 1.807) is 0 Å². The van der Waals surface area contributed by atoms with E-state index in [1.807, 2.05) is 0 Å². The third-order valence-corrected chi connectivity index (χ3v) is 2.39. The van der Waals surface area contributed by atoms with E-state index in [9.17, 15) is 0 Å². The van der Waals surface area contributed by atoms with Gasteiger partial charge in [0.15, 0.2) is 0 Å². The lowest BCUT2D eigenvalue weighted by molar-refractivity contribution is 0.356. The second-order valence-electron chi connectivity index (χ2n) is 3.62. The highest BCUT2D eigenvalue weighted by molar-refractivity contribution is 5.40. The van der Waals surface area contributed by atoms with Gasteiger partial charge in [-0.3, -0.25) is 0 Å². The lowest BCUT2D eigenvalue weighted by Gasteiger charge is -2.06. The minimum absolute atomic E-state index is 0.597. The van der Waals surface area contributed by atoms with Gasteiger partial charge >= 0.3 is 0 Å². The first-order chi connectivity index (χ1) is 5.77. The lowest BCUT2D eigenvalue weighted by Crippen LogP contribution is -1.88. The van der Waals surface area contributed by atoms with E-state index in [0.29, 0.717) is 5.92 Å². The van der Waals surface area contributed by atoms with Crippen LogP contribution in [-0.2, 0) is 6.42 Å². The molecule has 0 atom stereocenters. The summed E-state index contributed by atoms with van der Waals surface area (Å²) in [5.41, 5.74) is 2.73. The molecule has 0 saturated heterocycles. The summed E-state index contributed by atoms with van der Waals surface area (Å²) in [7, 11) is 0. The molecule has 1 aromatic carbocycles. The zero-order chi connectivity index (χ0) is 8.55. The van der Waals surface area contributed by atoms with Crippen molar-refractivity contribution < 1.29 is 4.74 Å². The molecule has 0 amide bonds. The molecule has 1 aliphatic heterocycles. The van der Waals surface area contributed by atoms with Crippen molar-refractivity contribution in [3.05, 3.63) is 29.3 Å². The Morgan fingerprint density at radius 1 is 1.33 bits per heavy atom. The molecule has 1 heteroatoms. The van der Waals surface area contributed by atoms with Crippen molar-refractivity contribution in [2.24, 2.45) is 0 Å². The first-order valence-electron chi connectivity index (χ1n) is 4.53. The number of fused-ring (bicyclic) bond motifs is 1. The maximum atomic E-state index is 5.49. The van der Waals surface area contributed by atoms with Gasteiger partial charge in [0, 0.05) is 6.42 Å². The van der Waals surface area contributed by atoms with Crippen LogP contribution < -0.4 is 4.74 Å². The summed E-state index contributed by atoms with van der Waals surface area (Å²) in [6.07, 6.45) is 1.08. The van der Waals surface area contributed by atoms with Gasteiger partial charge in [-0.15, -0.1) is 0 Å². The van der Waals surface area contributed by atoms with E-state index < -0.39 is 0 Å². The Morgan fingerprint density at radius 3 is 2.92 bits per heavy atom. The zero-order valence-electron chi connectivity index (χ0n) is 7.63. The first-order valence-corrected chi connectivity index (χ1v) is 4.53. The average Bonchev–Trinajstić information content (AvgIpc) is 2.49. The molecule has 0 saturated carbocycles. The molecule has 0 unspecified atom stereocenters. The zero-order valence-corrected chi connectivity index (χ0v) is 7.63. The molecule has 64 valence electrons. The second kappa shape index (κ2) is 2.81. The van der Waals surface area contributed by atoms with Gasteiger partial charge in [0.1, 0.15) is 5.75 Å². The van der Waals surface area contributed by atoms with Crippen molar-refractivity contribution in [1.29, 1.82) is 0 Å². The first kappa shape index (κ1) is 7.66. The number of rotatable bonds is 1. The fraction of sp³-hybridized carbons (Fsp3) is 0.455. The summed E-state index contributed by atoms with van der Waals surface area (Å²) in [5.74, 6) is 1.70. The maximum absolute atomic E-state index is 5.49. The Kier molecular flexibility index (Phi) is 1.80. The summed E-state index contributed by atoms with van der Waals surface area (Å²) in [6, 6.07) is 6.57. The topological polar surface area (TPSA) is 9.23 Å². The fourth-order valence-corrected chi connectivity index (χ4v) is 1.54. The van der Waals surface area contributed by atoms with Crippen molar-refractivity contribution in [3.63, 3.8) is 0 Å². The predicted octanol–water partition coefficient (Wildman–Crippen LogP) is 2.74. The third-order valence-electron chi connectivity index (χ3n) is 2.39. The third kappa shape index (κ3) is 1.20. The minimum Gasteiger partial charge on any atom is -0.493 e. The molecule has 0 radical (unpaired) electrons. The van der Waals surface area contributed by atoms with Crippen LogP contribution in [0, 0.1) is 0 Å². The van der Waals surface area contributed by atoms with E-state index >= 15 is 0 Å². The van der Waals surface area contributed by atoms with Gasteiger partial charge in [0.25, 0.3) is 0 Å². The molecular weight excluding hydrogens is 148 g/mol. The molecule has 1 nitrogen and oxygen atoms in total. The van der Waals surface area contributed by atoms with E-state index in [1.165, 1.54) is 11.1 Å². The molecule has 0 aromatic heterocycles. The van der Waals surface area contributed by atoms with Gasteiger partial charge in [-0.1, -0.05) is 26.0 Å². The molecule has 0 bridgehead atoms. The number of hydrogen-bond acceptors (Lipinski definition) is 1. The Morgan fingerprint density at radius 2 is 2.17 bits per heavy atom. The number of ether oxygens (including phenoxy) is 1. The van der Waals surface area contributed by atoms with E-state index in [2.05, 4.69) is 32.0 Å². The molecular formula is C11H14O. The molecule has 0 N–H and O–H groups in total. The lowest BCUT2D eigenvalue weighted by atomic mass is 10.0. The Bertz CT molecular complexity index is 289. The standard InChI is InChI=1S/C11H14O/c1-8(2)10-4-3-9-5-6-12-11(9)7-10/h3-4,7-8H,5-6H2,1-2H3. The largest absolute Gasteiger partial charge is 0.493 e. The fourth-order valence-electron chi connectivity index (χ4n) is 1.54. The second-order valence-corrected chi connectivity index (χ2v) is 3.62. The van der Waals surface area contributed by atoms with Gasteiger partial charge in [-0.2, -0.15) is 0 Å². The quantitative estimate of drug-likeness (QED) is 0.617. The molecule has 0 spiro atoms. The Balaban J connectivity index is 2.39. The van der Waals surface area contributed by atoms with Crippen LogP contribution in [0.1, 0.15) is 30.9 Å². The Hall–Kier alpha value is -0.980. The van der Waals surface area contributed by atoms with E-state index in [4.69, 9.17) is 4.74 Å². The number of benzene rings is 1. The summed E-state index contributed by atoms with van der Waals surface area (Å²) in [5, 5.41) is 0. The molecule has 0 aliphatic carbocycles. The van der Waals surface area contributed by atoms with Crippen LogP contribution in [-0.4, -0.2) is 6.61 Å². The SMILES string of the molecule is CC(C)c1ccc2c(c1)OCC2. The molecule has 2 rings (SSSR count). The van der Waals surface area contributed by atoms with Crippen LogP contribution in [0.3, 0.4) is 0 Å². The monoisotopic (exact) mass is 162 g/mol. The van der Waals surface area contributed by atoms with Gasteiger partial charge < -0.3 is 4.74 Å². The highest BCUT2D eigenvalue weighted by Crippen LogP contribution is 2.28. The summed E-state index contributed by atoms with van der Waals surface area (Å²) in [4.78, 5) is 0. The van der Waals surface area contributed by atoms with Crippen molar-refractivity contribution >= 4 is 0 Å². The predicted molar refractivity (Wildman–Crippen MR) is 49.7 cm³/mol. The molecule has 12 heavy (non-hydrogen) atoms. The van der Waals surface area contributed by atoms with Gasteiger partial charge in [-0.05, 0) is 23.1 Å². The van der Waals surface area contributed by atoms with Gasteiger partial charge in [0.05, 0.1) is 6.61 Å². The average molecular weight is 162 g/mol. The minimum atomic E-state index is 0.597. The van der Waals surface area contributed by atoms with Crippen LogP contribution in [0.5, 0.6) is 5.75 Å². The van der Waals surface area contributed by atoms with Gasteiger partial charge in [-0.25, -0.2) is 0 Å². The van der Waals surface area contributed by atoms with Crippen molar-refractivity contribution in [1.82, 2.24) is 0 Å². The summed E-state index contributed by atoms with van der Waals surface area (Å²) >= 11 is 0. The van der Waals surface area contributed by atoms with Gasteiger partial charge in [0.2, 0.25) is 0 Å². The highest BCUT2D eigenvalue weighted by atomic mass is 16.5. The van der Waals surface area contributed by atoms with Crippen LogP contribution >= 0.6 is 0 Å². The molecule has 1 aliphatic rings. The molecule has 0 fully saturated rings. The van der Waals surface area contributed by atoms with Crippen molar-refractivity contribution in [2.75, 3.05) is 6.61 Å². The molecule has 1 heterocycles. The van der Waals surface area contributed by atoms with Crippen molar-refractivity contribution in [2.45, 2.75) is 26.2 Å². The summed E-state index contributed by atoms with van der Waals surface area (Å²) in [6.45, 7) is 5.27. The number of hydrogen-bond donors (Lipinski definition) is 0. The smallest absolute Gasteiger partial charge is 0.122 e. The molecule has 1 aromatic rings. The van der Waals surface area contributed by atoms with Crippen LogP contribution in [0.25, 0.3) is 0 Å². The highest BCUT2D eigenvalue weighted by Gasteiger charge is 2.12. The maximum Gasteiger partial charge on any atom is 0.122 e. The summed E-state index contributed by atoms with van der Waals surface area (Å²) < 4.78 is 5.49. The van der Waals surface area contributed by atoms with Crippen LogP contribution in [0.4, 0.5) is 0 Å². The van der Waals surface area contributed by atoms with E-state index in [-0.39, 0.29) is 0 Å².